The van der Waals surface area contributed by atoms with Crippen LogP contribution in [0.5, 0.6) is 0 Å². The number of para-hydroxylation sites is 1. The van der Waals surface area contributed by atoms with Crippen LogP contribution >= 0.6 is 0 Å². The molecule has 1 heterocycles. The zero-order valence-corrected chi connectivity index (χ0v) is 11.9. The van der Waals surface area contributed by atoms with Crippen LogP contribution in [0.1, 0.15) is 11.3 Å². The molecule has 0 amide bonds. The van der Waals surface area contributed by atoms with Gasteiger partial charge in [0.1, 0.15) is 16.5 Å². The molecule has 0 aliphatic rings. The third kappa shape index (κ3) is 2.54. The molecule has 1 aromatic heterocycles. The molecule has 2 aromatic rings. The lowest BCUT2D eigenvalue weighted by Crippen LogP contribution is -2.27. The highest BCUT2D eigenvalue weighted by Gasteiger charge is 2.25. The first-order valence-electron chi connectivity index (χ1n) is 5.87. The quantitative estimate of drug-likeness (QED) is 0.877. The van der Waals surface area contributed by atoms with E-state index in [1.165, 1.54) is 25.4 Å². The Morgan fingerprint density at radius 3 is 2.65 bits per heavy atom. The summed E-state index contributed by atoms with van der Waals surface area (Å²) in [5.41, 5.74) is 5.88. The summed E-state index contributed by atoms with van der Waals surface area (Å²) in [5.74, 6) is -0.113. The van der Waals surface area contributed by atoms with Gasteiger partial charge in [-0.05, 0) is 25.1 Å². The molecule has 0 saturated carbocycles. The third-order valence-corrected chi connectivity index (χ3v) is 4.92. The summed E-state index contributed by atoms with van der Waals surface area (Å²) in [6.07, 6.45) is 1.49. The van der Waals surface area contributed by atoms with E-state index in [0.717, 1.165) is 15.9 Å². The molecule has 2 rings (SSSR count). The van der Waals surface area contributed by atoms with Gasteiger partial charge < -0.3 is 10.2 Å². The lowest BCUT2D eigenvalue weighted by molar-refractivity contribution is 0.458. The Morgan fingerprint density at radius 1 is 1.35 bits per heavy atom. The Balaban J connectivity index is 2.35. The highest BCUT2D eigenvalue weighted by Crippen LogP contribution is 2.25. The second-order valence-corrected chi connectivity index (χ2v) is 6.43. The molecular formula is C13H15FN2O3S. The smallest absolute Gasteiger partial charge is 0.245 e. The fourth-order valence-corrected chi connectivity index (χ4v) is 3.08. The number of nitrogens with two attached hydrogens (primary N) is 1. The van der Waals surface area contributed by atoms with Gasteiger partial charge >= 0.3 is 0 Å². The average Bonchev–Trinajstić information content (AvgIpc) is 2.78. The molecule has 108 valence electrons. The van der Waals surface area contributed by atoms with Gasteiger partial charge in [0.2, 0.25) is 10.0 Å². The molecule has 0 radical (unpaired) electrons. The van der Waals surface area contributed by atoms with E-state index in [9.17, 15) is 12.8 Å². The number of sulfonamides is 1. The monoisotopic (exact) mass is 298 g/mol. The Morgan fingerprint density at radius 2 is 2.05 bits per heavy atom. The van der Waals surface area contributed by atoms with E-state index in [0.29, 0.717) is 5.76 Å². The van der Waals surface area contributed by atoms with Crippen LogP contribution in [0.15, 0.2) is 39.8 Å². The number of nitrogens with zero attached hydrogens (tertiary/aromatic N) is 1. The van der Waals surface area contributed by atoms with Crippen molar-refractivity contribution in [3.05, 3.63) is 47.7 Å². The number of anilines is 1. The predicted octanol–water partition coefficient (Wildman–Crippen LogP) is 2.13. The first-order chi connectivity index (χ1) is 9.34. The zero-order valence-electron chi connectivity index (χ0n) is 11.1. The molecule has 1 aromatic carbocycles. The summed E-state index contributed by atoms with van der Waals surface area (Å²) < 4.78 is 44.4. The van der Waals surface area contributed by atoms with Crippen molar-refractivity contribution in [2.24, 2.45) is 0 Å². The Bertz CT molecular complexity index is 725. The molecular weight excluding hydrogens is 283 g/mol. The van der Waals surface area contributed by atoms with E-state index in [-0.39, 0.29) is 17.1 Å². The molecule has 2 N–H and O–H groups in total. The first kappa shape index (κ1) is 14.5. The summed E-state index contributed by atoms with van der Waals surface area (Å²) in [7, 11) is -2.45. The summed E-state index contributed by atoms with van der Waals surface area (Å²) in [6, 6.07) is 5.41. The highest BCUT2D eigenvalue weighted by atomic mass is 32.2. The summed E-state index contributed by atoms with van der Waals surface area (Å²) in [4.78, 5) is -0.235. The number of benzene rings is 1. The van der Waals surface area contributed by atoms with Crippen LogP contribution in [0.25, 0.3) is 0 Å². The fourth-order valence-electron chi connectivity index (χ4n) is 1.81. The van der Waals surface area contributed by atoms with E-state index in [2.05, 4.69) is 0 Å². The lowest BCUT2D eigenvalue weighted by atomic mass is 10.3. The van der Waals surface area contributed by atoms with Crippen molar-refractivity contribution < 1.29 is 17.2 Å². The van der Waals surface area contributed by atoms with E-state index < -0.39 is 15.8 Å². The molecule has 0 bridgehead atoms. The van der Waals surface area contributed by atoms with Gasteiger partial charge in [0.15, 0.2) is 0 Å². The van der Waals surface area contributed by atoms with E-state index in [1.807, 2.05) is 0 Å². The van der Waals surface area contributed by atoms with Crippen molar-refractivity contribution in [1.82, 2.24) is 4.31 Å². The van der Waals surface area contributed by atoms with Gasteiger partial charge in [-0.1, -0.05) is 6.07 Å². The molecule has 0 saturated heterocycles. The molecule has 0 unspecified atom stereocenters. The van der Waals surface area contributed by atoms with E-state index in [1.54, 1.807) is 13.0 Å². The van der Waals surface area contributed by atoms with Crippen molar-refractivity contribution in [2.75, 3.05) is 12.8 Å². The third-order valence-electron chi connectivity index (χ3n) is 3.06. The maximum Gasteiger partial charge on any atom is 0.245 e. The van der Waals surface area contributed by atoms with Crippen molar-refractivity contribution in [2.45, 2.75) is 18.4 Å². The van der Waals surface area contributed by atoms with Gasteiger partial charge in [0.25, 0.3) is 0 Å². The number of hydrogen-bond acceptors (Lipinski definition) is 4. The van der Waals surface area contributed by atoms with Crippen molar-refractivity contribution >= 4 is 15.7 Å². The molecule has 0 spiro atoms. The minimum absolute atomic E-state index is 0.126. The van der Waals surface area contributed by atoms with Gasteiger partial charge in [-0.25, -0.2) is 12.8 Å². The van der Waals surface area contributed by atoms with Crippen LogP contribution in [-0.4, -0.2) is 19.8 Å². The van der Waals surface area contributed by atoms with Gasteiger partial charge in [0, 0.05) is 19.2 Å². The second kappa shape index (κ2) is 5.26. The summed E-state index contributed by atoms with van der Waals surface area (Å²) in [6.45, 7) is 1.87. The van der Waals surface area contributed by atoms with E-state index in [4.69, 9.17) is 10.2 Å². The van der Waals surface area contributed by atoms with Crippen molar-refractivity contribution in [3.8, 4) is 0 Å². The Labute approximate surface area is 116 Å². The van der Waals surface area contributed by atoms with Gasteiger partial charge in [-0.3, -0.25) is 0 Å². The topological polar surface area (TPSA) is 76.5 Å². The Hall–Kier alpha value is -1.86. The van der Waals surface area contributed by atoms with Crippen molar-refractivity contribution in [3.63, 3.8) is 0 Å². The average molecular weight is 298 g/mol. The fraction of sp³-hybridized carbons (Fsp3) is 0.231. The number of furan rings is 1. The minimum atomic E-state index is -3.86. The van der Waals surface area contributed by atoms with Crippen LogP contribution in [0.4, 0.5) is 10.1 Å². The second-order valence-electron chi connectivity index (χ2n) is 4.41. The molecule has 0 aliphatic heterocycles. The number of hydrogen-bond donors (Lipinski definition) is 1. The van der Waals surface area contributed by atoms with E-state index >= 15 is 0 Å². The first-order valence-corrected chi connectivity index (χ1v) is 7.31. The van der Waals surface area contributed by atoms with Gasteiger partial charge in [-0.15, -0.1) is 0 Å². The number of nitrogen functional groups attached to an aromatic ring is 1. The van der Waals surface area contributed by atoms with Crippen molar-refractivity contribution in [1.29, 1.82) is 0 Å². The van der Waals surface area contributed by atoms with Crippen LogP contribution in [0.2, 0.25) is 0 Å². The van der Waals surface area contributed by atoms with Crippen LogP contribution in [0.3, 0.4) is 0 Å². The molecule has 20 heavy (non-hydrogen) atoms. The van der Waals surface area contributed by atoms with Crippen LogP contribution in [0, 0.1) is 12.7 Å². The van der Waals surface area contributed by atoms with Crippen LogP contribution in [-0.2, 0) is 16.6 Å². The minimum Gasteiger partial charge on any atom is -0.469 e. The van der Waals surface area contributed by atoms with Gasteiger partial charge in [-0.2, -0.15) is 4.31 Å². The summed E-state index contributed by atoms with van der Waals surface area (Å²) in [5, 5.41) is 0. The standard InChI is InChI=1S/C13H15FN2O3S/c1-9-10(6-7-19-9)8-16(2)20(17,18)12-5-3-4-11(14)13(12)15/h3-7H,8,15H2,1-2H3. The molecule has 7 heteroatoms. The molecule has 0 atom stereocenters. The maximum absolute atomic E-state index is 13.4. The summed E-state index contributed by atoms with van der Waals surface area (Å²) >= 11 is 0. The number of aryl methyl sites for hydroxylation is 1. The van der Waals surface area contributed by atoms with Crippen LogP contribution < -0.4 is 5.73 Å². The Kier molecular flexibility index (Phi) is 3.82. The number of rotatable bonds is 4. The SMILES string of the molecule is Cc1occc1CN(C)S(=O)(=O)c1cccc(F)c1N. The largest absolute Gasteiger partial charge is 0.469 e. The lowest BCUT2D eigenvalue weighted by Gasteiger charge is -2.18. The zero-order chi connectivity index (χ0) is 14.9. The predicted molar refractivity (Wildman–Crippen MR) is 72.9 cm³/mol. The normalized spacial score (nSPS) is 12.0. The maximum atomic E-state index is 13.4. The molecule has 0 aliphatic carbocycles. The highest BCUT2D eigenvalue weighted by molar-refractivity contribution is 7.89. The number of halogens is 1. The molecule has 0 fully saturated rings. The van der Waals surface area contributed by atoms with Gasteiger partial charge in [0.05, 0.1) is 12.0 Å². The molecule has 5 nitrogen and oxygen atoms in total.